The molecule has 1 rings (SSSR count). The molecule has 0 amide bonds. The molecule has 0 bridgehead atoms. The lowest BCUT2D eigenvalue weighted by Crippen LogP contribution is -1.99. The number of thiazole rings is 1. The van der Waals surface area contributed by atoms with E-state index < -0.39 is 6.10 Å². The van der Waals surface area contributed by atoms with Gasteiger partial charge in [-0.25, -0.2) is 4.98 Å². The topological polar surface area (TPSA) is 53.4 Å². The number of aliphatic hydroxyl groups excluding tert-OH is 2. The van der Waals surface area contributed by atoms with Crippen LogP contribution in [0.25, 0.3) is 0 Å². The van der Waals surface area contributed by atoms with Gasteiger partial charge in [0.05, 0.1) is 0 Å². The number of aryl methyl sites for hydroxylation is 1. The van der Waals surface area contributed by atoms with Gasteiger partial charge >= 0.3 is 0 Å². The zero-order valence-corrected chi connectivity index (χ0v) is 7.14. The molecule has 3 nitrogen and oxygen atoms in total. The second kappa shape index (κ2) is 3.80. The van der Waals surface area contributed by atoms with E-state index in [9.17, 15) is 5.11 Å². The third kappa shape index (κ3) is 2.25. The molecule has 0 saturated carbocycles. The van der Waals surface area contributed by atoms with Crippen LogP contribution < -0.4 is 0 Å². The molecule has 0 aliphatic rings. The van der Waals surface area contributed by atoms with Crippen molar-refractivity contribution in [2.45, 2.75) is 19.4 Å². The average Bonchev–Trinajstić information content (AvgIpc) is 2.36. The first-order chi connectivity index (χ1) is 5.24. The van der Waals surface area contributed by atoms with Gasteiger partial charge in [-0.2, -0.15) is 0 Å². The third-order valence-corrected chi connectivity index (χ3v) is 2.39. The van der Waals surface area contributed by atoms with Gasteiger partial charge in [-0.15, -0.1) is 11.3 Å². The van der Waals surface area contributed by atoms with Gasteiger partial charge in [-0.3, -0.25) is 0 Å². The molecule has 0 radical (unpaired) electrons. The molecule has 0 aliphatic carbocycles. The third-order valence-electron chi connectivity index (χ3n) is 1.32. The molecule has 1 aromatic heterocycles. The van der Waals surface area contributed by atoms with E-state index in [2.05, 4.69) is 4.98 Å². The lowest BCUT2D eigenvalue weighted by molar-refractivity contribution is 0.134. The molecule has 1 aromatic rings. The minimum Gasteiger partial charge on any atom is -0.396 e. The fraction of sp³-hybridized carbons (Fsp3) is 0.571. The maximum Gasteiger partial charge on any atom is 0.122 e. The molecular weight excluding hydrogens is 162 g/mol. The van der Waals surface area contributed by atoms with Crippen LogP contribution in [0, 0.1) is 6.92 Å². The van der Waals surface area contributed by atoms with E-state index in [-0.39, 0.29) is 6.61 Å². The van der Waals surface area contributed by atoms with E-state index in [1.165, 1.54) is 11.3 Å². The van der Waals surface area contributed by atoms with Crippen LogP contribution in [0.15, 0.2) is 5.38 Å². The minimum atomic E-state index is -0.598. The van der Waals surface area contributed by atoms with Gasteiger partial charge in [0.2, 0.25) is 0 Å². The van der Waals surface area contributed by atoms with Crippen LogP contribution in [-0.4, -0.2) is 21.8 Å². The van der Waals surface area contributed by atoms with Crippen molar-refractivity contribution < 1.29 is 10.2 Å². The second-order valence-electron chi connectivity index (χ2n) is 2.36. The van der Waals surface area contributed by atoms with Crippen molar-refractivity contribution in [3.8, 4) is 0 Å². The van der Waals surface area contributed by atoms with Crippen LogP contribution in [0.5, 0.6) is 0 Å². The van der Waals surface area contributed by atoms with Crippen molar-refractivity contribution in [2.24, 2.45) is 0 Å². The quantitative estimate of drug-likeness (QED) is 0.713. The Hall–Kier alpha value is -0.450. The number of aromatic nitrogens is 1. The highest BCUT2D eigenvalue weighted by atomic mass is 32.1. The van der Waals surface area contributed by atoms with Crippen molar-refractivity contribution in [1.29, 1.82) is 0 Å². The van der Waals surface area contributed by atoms with E-state index in [0.29, 0.717) is 11.4 Å². The number of hydrogen-bond donors (Lipinski definition) is 2. The summed E-state index contributed by atoms with van der Waals surface area (Å²) in [6.07, 6.45) is -0.230. The fourth-order valence-corrected chi connectivity index (χ4v) is 1.59. The van der Waals surface area contributed by atoms with Crippen molar-refractivity contribution >= 4 is 11.3 Å². The largest absolute Gasteiger partial charge is 0.396 e. The van der Waals surface area contributed by atoms with Gasteiger partial charge in [0.1, 0.15) is 11.1 Å². The number of aliphatic hydroxyl groups is 2. The normalized spacial score (nSPS) is 13.4. The summed E-state index contributed by atoms with van der Waals surface area (Å²) in [5.41, 5.74) is 0.919. The summed E-state index contributed by atoms with van der Waals surface area (Å²) in [7, 11) is 0. The average molecular weight is 173 g/mol. The summed E-state index contributed by atoms with van der Waals surface area (Å²) in [6, 6.07) is 0. The van der Waals surface area contributed by atoms with Crippen LogP contribution in [0.2, 0.25) is 0 Å². The molecule has 0 aliphatic heterocycles. The summed E-state index contributed by atoms with van der Waals surface area (Å²) < 4.78 is 0. The second-order valence-corrected chi connectivity index (χ2v) is 3.24. The number of hydrogen-bond acceptors (Lipinski definition) is 4. The molecule has 0 fully saturated rings. The highest BCUT2D eigenvalue weighted by molar-refractivity contribution is 7.09. The number of rotatable bonds is 3. The summed E-state index contributed by atoms with van der Waals surface area (Å²) >= 11 is 1.43. The Bertz CT molecular complexity index is 224. The Labute approximate surface area is 69.3 Å². The summed E-state index contributed by atoms with van der Waals surface area (Å²) in [4.78, 5) is 4.09. The van der Waals surface area contributed by atoms with Gasteiger partial charge in [-0.1, -0.05) is 0 Å². The van der Waals surface area contributed by atoms with Gasteiger partial charge in [-0.05, 0) is 6.92 Å². The molecule has 1 unspecified atom stereocenters. The summed E-state index contributed by atoms with van der Waals surface area (Å²) in [5.74, 6) is 0. The highest BCUT2D eigenvalue weighted by Gasteiger charge is 2.09. The van der Waals surface area contributed by atoms with Gasteiger partial charge < -0.3 is 10.2 Å². The molecule has 62 valence electrons. The molecule has 0 aromatic carbocycles. The smallest absolute Gasteiger partial charge is 0.122 e. The fourth-order valence-electron chi connectivity index (χ4n) is 0.771. The van der Waals surface area contributed by atoms with E-state index >= 15 is 0 Å². The maximum absolute atomic E-state index is 9.32. The predicted octanol–water partition coefficient (Wildman–Crippen LogP) is 0.867. The highest BCUT2D eigenvalue weighted by Crippen LogP contribution is 2.19. The standard InChI is InChI=1S/C7H11NO2S/c1-5-4-11-7(8-5)6(10)2-3-9/h4,6,9-10H,2-3H2,1H3. The maximum atomic E-state index is 9.32. The summed E-state index contributed by atoms with van der Waals surface area (Å²) in [6.45, 7) is 1.88. The van der Waals surface area contributed by atoms with Crippen LogP contribution in [0.4, 0.5) is 0 Å². The monoisotopic (exact) mass is 173 g/mol. The van der Waals surface area contributed by atoms with Crippen LogP contribution in [0.1, 0.15) is 23.2 Å². The van der Waals surface area contributed by atoms with Crippen molar-refractivity contribution in [1.82, 2.24) is 4.98 Å². The van der Waals surface area contributed by atoms with Crippen LogP contribution in [0.3, 0.4) is 0 Å². The SMILES string of the molecule is Cc1csc(C(O)CCO)n1. The predicted molar refractivity (Wildman–Crippen MR) is 43.5 cm³/mol. The summed E-state index contributed by atoms with van der Waals surface area (Å²) in [5, 5.41) is 20.4. The first kappa shape index (κ1) is 8.64. The molecule has 0 spiro atoms. The van der Waals surface area contributed by atoms with E-state index in [0.717, 1.165) is 5.69 Å². The Balaban J connectivity index is 2.60. The first-order valence-corrected chi connectivity index (χ1v) is 4.33. The van der Waals surface area contributed by atoms with Gasteiger partial charge in [0.15, 0.2) is 0 Å². The zero-order chi connectivity index (χ0) is 8.27. The Morgan fingerprint density at radius 1 is 1.73 bits per heavy atom. The van der Waals surface area contributed by atoms with Crippen LogP contribution >= 0.6 is 11.3 Å². The number of nitrogens with zero attached hydrogens (tertiary/aromatic N) is 1. The molecule has 4 heteroatoms. The molecular formula is C7H11NO2S. The first-order valence-electron chi connectivity index (χ1n) is 3.45. The molecule has 2 N–H and O–H groups in total. The van der Waals surface area contributed by atoms with Crippen LogP contribution in [-0.2, 0) is 0 Å². The van der Waals surface area contributed by atoms with Gasteiger partial charge in [0, 0.05) is 24.1 Å². The van der Waals surface area contributed by atoms with Crippen molar-refractivity contribution in [2.75, 3.05) is 6.61 Å². The lowest BCUT2D eigenvalue weighted by atomic mass is 10.3. The van der Waals surface area contributed by atoms with E-state index in [1.54, 1.807) is 0 Å². The van der Waals surface area contributed by atoms with E-state index in [4.69, 9.17) is 5.11 Å². The lowest BCUT2D eigenvalue weighted by Gasteiger charge is -2.02. The molecule has 1 heterocycles. The minimum absolute atomic E-state index is 0.000204. The van der Waals surface area contributed by atoms with Gasteiger partial charge in [0.25, 0.3) is 0 Å². The Morgan fingerprint density at radius 2 is 2.45 bits per heavy atom. The molecule has 1 atom stereocenters. The Kier molecular flexibility index (Phi) is 2.99. The van der Waals surface area contributed by atoms with Crippen molar-refractivity contribution in [3.63, 3.8) is 0 Å². The Morgan fingerprint density at radius 3 is 2.91 bits per heavy atom. The molecule has 0 saturated heterocycles. The molecule has 11 heavy (non-hydrogen) atoms. The zero-order valence-electron chi connectivity index (χ0n) is 6.32. The van der Waals surface area contributed by atoms with Crippen molar-refractivity contribution in [3.05, 3.63) is 16.1 Å². The van der Waals surface area contributed by atoms with E-state index in [1.807, 2.05) is 12.3 Å².